The molecule has 2 saturated heterocycles. The number of nitrogens with zero attached hydrogens (tertiary/aromatic N) is 4. The van der Waals surface area contributed by atoms with Crippen molar-refractivity contribution in [3.8, 4) is 11.5 Å². The number of H-pyrrole nitrogens is 1. The van der Waals surface area contributed by atoms with Crippen LogP contribution in [-0.2, 0) is 21.2 Å². The third-order valence-electron chi connectivity index (χ3n) is 13.5. The number of carbonyl (C=O) groups excluding carboxylic acids is 1. The number of nitrogens with one attached hydrogen (secondary N) is 2. The number of amides is 1. The first-order valence-electron chi connectivity index (χ1n) is 21.7. The number of nitro groups is 1. The number of nitro benzene ring substituents is 1. The van der Waals surface area contributed by atoms with Gasteiger partial charge < -0.3 is 19.4 Å². The van der Waals surface area contributed by atoms with Crippen LogP contribution in [0.4, 0.5) is 15.8 Å². The number of aromatic nitrogens is 2. The molecule has 4 heterocycles. The van der Waals surface area contributed by atoms with Gasteiger partial charge in [-0.25, -0.2) is 22.5 Å². The van der Waals surface area contributed by atoms with Crippen molar-refractivity contribution < 1.29 is 32.0 Å². The zero-order chi connectivity index (χ0) is 43.7. The van der Waals surface area contributed by atoms with Gasteiger partial charge in [-0.05, 0) is 117 Å². The monoisotopic (exact) mass is 896 g/mol. The van der Waals surface area contributed by atoms with Crippen molar-refractivity contribution in [3.63, 3.8) is 0 Å². The predicted molar refractivity (Wildman–Crippen MR) is 239 cm³/mol. The van der Waals surface area contributed by atoms with Crippen LogP contribution >= 0.6 is 11.6 Å². The molecule has 0 unspecified atom stereocenters. The smallest absolute Gasteiger partial charge is 0.273 e. The topological polar surface area (TPSA) is 160 Å². The average molecular weight is 897 g/mol. The molecule has 2 aliphatic heterocycles. The molecule has 13 nitrogen and oxygen atoms in total. The minimum absolute atomic E-state index is 0.202. The van der Waals surface area contributed by atoms with Gasteiger partial charge in [-0.15, -0.1) is 0 Å². The van der Waals surface area contributed by atoms with Gasteiger partial charge in [-0.3, -0.25) is 19.8 Å². The van der Waals surface area contributed by atoms with Gasteiger partial charge in [0, 0.05) is 85.9 Å². The fourth-order valence-electron chi connectivity index (χ4n) is 9.70. The van der Waals surface area contributed by atoms with E-state index in [0.29, 0.717) is 72.8 Å². The number of pyridine rings is 1. The summed E-state index contributed by atoms with van der Waals surface area (Å²) >= 11 is 6.26. The number of piperazine rings is 1. The van der Waals surface area contributed by atoms with Crippen LogP contribution in [0.3, 0.4) is 0 Å². The largest absolute Gasteiger partial charge is 0.455 e. The van der Waals surface area contributed by atoms with E-state index in [4.69, 9.17) is 21.1 Å². The Balaban J connectivity index is 0.945. The third kappa shape index (κ3) is 9.47. The minimum atomic E-state index is -4.71. The molecule has 2 N–H and O–H groups in total. The van der Waals surface area contributed by atoms with Gasteiger partial charge in [0.15, 0.2) is 0 Å². The molecule has 16 heteroatoms. The standard InChI is InChI=1S/C47H50ClFN6O7S/c48-36-7-4-32(5-8-36)40-28-47(14-1-15-47)16-10-35(40)30-53-18-20-54(21-19-53)37-25-41(49)44(43(26-37)62-38-24-34-11-17-50-45(34)51-29-38)46(56)52-63(59,60)39-9-6-33(42(27-39)55(57)58)3-2-31-12-22-61-23-13-31/h4-9,11,17,24-27,29,31H,1-3,10,12-16,18-23,28,30H2,(H,50,51)(H,52,56). The third-order valence-corrected chi connectivity index (χ3v) is 15.1. The van der Waals surface area contributed by atoms with Crippen LogP contribution in [0.5, 0.6) is 11.5 Å². The molecular formula is C47H50ClFN6O7S. The molecule has 1 amide bonds. The number of halogens is 2. The SMILES string of the molecule is O=C(NS(=O)(=O)c1ccc(CCC2CCOCC2)c([N+](=O)[O-])c1)c1c(F)cc(N2CCN(CC3=C(c4ccc(Cl)cc4)CC4(CCC4)CC3)CC2)cc1Oc1cnc2[nH]ccc2c1. The Bertz CT molecular complexity index is 2670. The molecule has 5 aromatic rings. The summed E-state index contributed by atoms with van der Waals surface area (Å²) in [4.78, 5) is 36.7. The normalized spacial score (nSPS) is 18.4. The number of sulfonamides is 1. The van der Waals surface area contributed by atoms with Crippen LogP contribution in [0.1, 0.15) is 79.3 Å². The highest BCUT2D eigenvalue weighted by atomic mass is 35.5. The van der Waals surface area contributed by atoms with E-state index in [9.17, 15) is 23.3 Å². The second-order valence-corrected chi connectivity index (χ2v) is 19.6. The van der Waals surface area contributed by atoms with Crippen LogP contribution in [-0.4, -0.2) is 80.1 Å². The quantitative estimate of drug-likeness (QED) is 0.0861. The summed E-state index contributed by atoms with van der Waals surface area (Å²) < 4.78 is 57.4. The molecule has 3 aromatic carbocycles. The number of hydrogen-bond donors (Lipinski definition) is 2. The van der Waals surface area contributed by atoms with Gasteiger partial charge in [0.2, 0.25) is 0 Å². The molecular weight excluding hydrogens is 847 g/mol. The van der Waals surface area contributed by atoms with E-state index < -0.39 is 37.1 Å². The number of allylic oxidation sites excluding steroid dienone is 1. The van der Waals surface area contributed by atoms with Crippen molar-refractivity contribution in [1.82, 2.24) is 19.6 Å². The highest BCUT2D eigenvalue weighted by Gasteiger charge is 2.41. The number of benzene rings is 3. The first-order valence-corrected chi connectivity index (χ1v) is 23.6. The summed E-state index contributed by atoms with van der Waals surface area (Å²) in [6, 6.07) is 18.0. The molecule has 2 aliphatic carbocycles. The fourth-order valence-corrected chi connectivity index (χ4v) is 10.8. The molecule has 2 aromatic heterocycles. The Hall–Kier alpha value is -5.35. The summed E-state index contributed by atoms with van der Waals surface area (Å²) in [6.07, 6.45) is 13.1. The van der Waals surface area contributed by atoms with Crippen LogP contribution in [0.25, 0.3) is 16.6 Å². The van der Waals surface area contributed by atoms with E-state index in [1.807, 2.05) is 21.8 Å². The van der Waals surface area contributed by atoms with Gasteiger partial charge in [0.25, 0.3) is 21.6 Å². The van der Waals surface area contributed by atoms with Gasteiger partial charge >= 0.3 is 0 Å². The molecule has 4 aliphatic rings. The molecule has 1 saturated carbocycles. The van der Waals surface area contributed by atoms with Crippen LogP contribution in [0.2, 0.25) is 5.02 Å². The molecule has 0 atom stereocenters. The van der Waals surface area contributed by atoms with Gasteiger partial charge in [-0.2, -0.15) is 0 Å². The maximum atomic E-state index is 16.5. The first-order chi connectivity index (χ1) is 30.4. The fraction of sp³-hybridized carbons (Fsp3) is 0.404. The maximum absolute atomic E-state index is 16.5. The van der Waals surface area contributed by atoms with Crippen molar-refractivity contribution >= 4 is 55.5 Å². The summed E-state index contributed by atoms with van der Waals surface area (Å²) in [5.74, 6) is -1.94. The van der Waals surface area contributed by atoms with Crippen molar-refractivity contribution in [2.75, 3.05) is 50.8 Å². The second-order valence-electron chi connectivity index (χ2n) is 17.4. The van der Waals surface area contributed by atoms with Crippen molar-refractivity contribution in [2.24, 2.45) is 11.3 Å². The molecule has 63 heavy (non-hydrogen) atoms. The number of rotatable bonds is 13. The van der Waals surface area contributed by atoms with E-state index in [-0.39, 0.29) is 17.2 Å². The van der Waals surface area contributed by atoms with E-state index in [1.54, 1.807) is 24.4 Å². The lowest BCUT2D eigenvalue weighted by Crippen LogP contribution is -2.47. The molecule has 3 fully saturated rings. The average Bonchev–Trinajstić information content (AvgIpc) is 3.74. The number of aromatic amines is 1. The molecule has 0 bridgehead atoms. The number of hydrogen-bond acceptors (Lipinski definition) is 10. The summed E-state index contributed by atoms with van der Waals surface area (Å²) in [7, 11) is -4.71. The van der Waals surface area contributed by atoms with Gasteiger partial charge in [0.1, 0.15) is 28.5 Å². The lowest BCUT2D eigenvalue weighted by atomic mass is 9.59. The molecule has 1 spiro atoms. The highest BCUT2D eigenvalue weighted by molar-refractivity contribution is 7.90. The molecule has 9 rings (SSSR count). The van der Waals surface area contributed by atoms with Gasteiger partial charge in [-0.1, -0.05) is 41.8 Å². The second kappa shape index (κ2) is 18.0. The van der Waals surface area contributed by atoms with E-state index in [1.165, 1.54) is 66.8 Å². The Kier molecular flexibility index (Phi) is 12.3. The Morgan fingerprint density at radius 3 is 2.54 bits per heavy atom. The van der Waals surface area contributed by atoms with E-state index >= 15 is 4.39 Å². The Morgan fingerprint density at radius 2 is 1.81 bits per heavy atom. The van der Waals surface area contributed by atoms with Crippen molar-refractivity contribution in [1.29, 1.82) is 0 Å². The zero-order valence-electron chi connectivity index (χ0n) is 34.9. The Morgan fingerprint density at radius 1 is 1.03 bits per heavy atom. The van der Waals surface area contributed by atoms with E-state index in [2.05, 4.69) is 27.0 Å². The van der Waals surface area contributed by atoms with Crippen LogP contribution in [0.15, 0.2) is 89.6 Å². The lowest BCUT2D eigenvalue weighted by molar-refractivity contribution is -0.385. The lowest BCUT2D eigenvalue weighted by Gasteiger charge is -2.47. The zero-order valence-corrected chi connectivity index (χ0v) is 36.5. The first kappa shape index (κ1) is 42.9. The predicted octanol–water partition coefficient (Wildman–Crippen LogP) is 9.46. The van der Waals surface area contributed by atoms with E-state index in [0.717, 1.165) is 56.4 Å². The number of anilines is 1. The van der Waals surface area contributed by atoms with Gasteiger partial charge in [0.05, 0.1) is 16.0 Å². The van der Waals surface area contributed by atoms with Crippen LogP contribution in [0, 0.1) is 27.3 Å². The number of ether oxygens (including phenoxy) is 2. The van der Waals surface area contributed by atoms with Crippen molar-refractivity contribution in [2.45, 2.75) is 69.1 Å². The number of carbonyl (C=O) groups is 1. The molecule has 0 radical (unpaired) electrons. The van der Waals surface area contributed by atoms with Crippen molar-refractivity contribution in [3.05, 3.63) is 122 Å². The van der Waals surface area contributed by atoms with Crippen LogP contribution < -0.4 is 14.4 Å². The maximum Gasteiger partial charge on any atom is 0.273 e. The number of fused-ring (bicyclic) bond motifs is 1. The number of aryl methyl sites for hydroxylation is 1. The Labute approximate surface area is 370 Å². The molecule has 330 valence electrons. The summed E-state index contributed by atoms with van der Waals surface area (Å²) in [5.41, 5.74) is 4.98. The summed E-state index contributed by atoms with van der Waals surface area (Å²) in [6.45, 7) is 4.71. The summed E-state index contributed by atoms with van der Waals surface area (Å²) in [5, 5.41) is 13.6. The minimum Gasteiger partial charge on any atom is -0.455 e. The highest BCUT2D eigenvalue weighted by Crippen LogP contribution is 2.55.